The Bertz CT molecular complexity index is 175. The third-order valence-electron chi connectivity index (χ3n) is 1.90. The van der Waals surface area contributed by atoms with Crippen LogP contribution in [0.2, 0.25) is 0 Å². The number of nitrogens with one attached hydrogen (secondary N) is 1. The Hall–Kier alpha value is -0.810. The number of aliphatic hydroxyl groups excluding tert-OH is 1. The molecule has 76 valence electrons. The molecule has 13 heavy (non-hydrogen) atoms. The Morgan fingerprint density at radius 2 is 2.54 bits per heavy atom. The van der Waals surface area contributed by atoms with Crippen molar-refractivity contribution in [2.75, 3.05) is 32.8 Å². The van der Waals surface area contributed by atoms with Crippen LogP contribution >= 0.6 is 0 Å². The maximum Gasteiger partial charge on any atom is 0.409 e. The maximum atomic E-state index is 11.3. The molecule has 1 rings (SSSR count). The molecular formula is C8H16N2O3. The average molecular weight is 188 g/mol. The van der Waals surface area contributed by atoms with Crippen molar-refractivity contribution in [2.24, 2.45) is 0 Å². The van der Waals surface area contributed by atoms with Gasteiger partial charge in [0, 0.05) is 19.6 Å². The second-order valence-corrected chi connectivity index (χ2v) is 3.00. The summed E-state index contributed by atoms with van der Waals surface area (Å²) in [5.74, 6) is 0. The average Bonchev–Trinajstić information content (AvgIpc) is 2.30. The number of rotatable bonds is 1. The van der Waals surface area contributed by atoms with Crippen LogP contribution < -0.4 is 5.32 Å². The molecule has 1 fully saturated rings. The van der Waals surface area contributed by atoms with Crippen molar-refractivity contribution in [3.63, 3.8) is 0 Å². The molecule has 0 bridgehead atoms. The van der Waals surface area contributed by atoms with Gasteiger partial charge in [0.25, 0.3) is 0 Å². The first kappa shape index (κ1) is 10.3. The number of hydrogen-bond acceptors (Lipinski definition) is 4. The van der Waals surface area contributed by atoms with Crippen LogP contribution in [0, 0.1) is 0 Å². The first-order chi connectivity index (χ1) is 6.24. The zero-order chi connectivity index (χ0) is 9.68. The third-order valence-corrected chi connectivity index (χ3v) is 1.90. The summed E-state index contributed by atoms with van der Waals surface area (Å²) in [4.78, 5) is 12.8. The largest absolute Gasteiger partial charge is 0.450 e. The molecule has 0 radical (unpaired) electrons. The van der Waals surface area contributed by atoms with Crippen LogP contribution in [0.3, 0.4) is 0 Å². The topological polar surface area (TPSA) is 61.8 Å². The molecule has 0 aromatic heterocycles. The Balaban J connectivity index is 2.42. The molecule has 1 amide bonds. The van der Waals surface area contributed by atoms with E-state index in [1.54, 1.807) is 6.92 Å². The molecule has 0 saturated carbocycles. The summed E-state index contributed by atoms with van der Waals surface area (Å²) < 4.78 is 4.83. The second-order valence-electron chi connectivity index (χ2n) is 3.00. The standard InChI is InChI=1S/C8H16N2O3/c1-2-13-8(12)10-4-3-9-5-7(11)6-10/h7,9,11H,2-6H2,1H3. The normalized spacial score (nSPS) is 23.8. The second kappa shape index (κ2) is 5.04. The van der Waals surface area contributed by atoms with Gasteiger partial charge in [-0.15, -0.1) is 0 Å². The molecule has 1 aliphatic rings. The van der Waals surface area contributed by atoms with E-state index >= 15 is 0 Å². The summed E-state index contributed by atoms with van der Waals surface area (Å²) in [5, 5.41) is 12.4. The molecule has 5 nitrogen and oxygen atoms in total. The molecule has 2 N–H and O–H groups in total. The number of carbonyl (C=O) groups excluding carboxylic acids is 1. The van der Waals surface area contributed by atoms with Crippen molar-refractivity contribution in [3.8, 4) is 0 Å². The Labute approximate surface area is 77.7 Å². The minimum Gasteiger partial charge on any atom is -0.450 e. The minimum absolute atomic E-state index is 0.342. The number of ether oxygens (including phenoxy) is 1. The monoisotopic (exact) mass is 188 g/mol. The van der Waals surface area contributed by atoms with Crippen LogP contribution in [0.1, 0.15) is 6.92 Å². The van der Waals surface area contributed by atoms with Crippen molar-refractivity contribution < 1.29 is 14.6 Å². The van der Waals surface area contributed by atoms with Crippen LogP contribution in [0.5, 0.6) is 0 Å². The summed E-state index contributed by atoms with van der Waals surface area (Å²) in [6.45, 7) is 4.33. The minimum atomic E-state index is -0.494. The fourth-order valence-corrected chi connectivity index (χ4v) is 1.27. The molecule has 1 heterocycles. The van der Waals surface area contributed by atoms with E-state index in [4.69, 9.17) is 4.74 Å². The molecule has 0 spiro atoms. The van der Waals surface area contributed by atoms with Crippen LogP contribution in [0.25, 0.3) is 0 Å². The summed E-state index contributed by atoms with van der Waals surface area (Å²) in [6, 6.07) is 0. The van der Waals surface area contributed by atoms with E-state index in [-0.39, 0.29) is 6.09 Å². The SMILES string of the molecule is CCOC(=O)N1CCNCC(O)C1. The quantitative estimate of drug-likeness (QED) is 0.577. The van der Waals surface area contributed by atoms with Gasteiger partial charge in [0.2, 0.25) is 0 Å². The molecule has 1 saturated heterocycles. The highest BCUT2D eigenvalue weighted by molar-refractivity contribution is 5.67. The predicted molar refractivity (Wildman–Crippen MR) is 47.5 cm³/mol. The lowest BCUT2D eigenvalue weighted by Gasteiger charge is -2.20. The fourth-order valence-electron chi connectivity index (χ4n) is 1.27. The number of hydrogen-bond donors (Lipinski definition) is 2. The van der Waals surface area contributed by atoms with Gasteiger partial charge in [-0.05, 0) is 6.92 Å². The highest BCUT2D eigenvalue weighted by atomic mass is 16.6. The molecular weight excluding hydrogens is 172 g/mol. The van der Waals surface area contributed by atoms with E-state index in [2.05, 4.69) is 5.32 Å². The lowest BCUT2D eigenvalue weighted by atomic mass is 10.3. The number of β-amino-alcohol motifs (C(OH)–C–C–N with tert-alkyl or cyclic N) is 1. The van der Waals surface area contributed by atoms with Gasteiger partial charge < -0.3 is 20.1 Å². The molecule has 0 aromatic carbocycles. The first-order valence-electron chi connectivity index (χ1n) is 4.54. The number of nitrogens with zero attached hydrogens (tertiary/aromatic N) is 1. The zero-order valence-corrected chi connectivity index (χ0v) is 7.82. The van der Waals surface area contributed by atoms with E-state index in [1.165, 1.54) is 4.90 Å². The summed E-state index contributed by atoms with van der Waals surface area (Å²) in [6.07, 6.45) is -0.836. The first-order valence-corrected chi connectivity index (χ1v) is 4.54. The Kier molecular flexibility index (Phi) is 3.98. The predicted octanol–water partition coefficient (Wildman–Crippen LogP) is -0.591. The van der Waals surface area contributed by atoms with E-state index in [1.807, 2.05) is 0 Å². The van der Waals surface area contributed by atoms with Gasteiger partial charge in [0.1, 0.15) is 0 Å². The molecule has 0 aromatic rings. The van der Waals surface area contributed by atoms with E-state index in [0.717, 1.165) is 0 Å². The lowest BCUT2D eigenvalue weighted by Crippen LogP contribution is -2.38. The van der Waals surface area contributed by atoms with Gasteiger partial charge in [-0.3, -0.25) is 0 Å². The van der Waals surface area contributed by atoms with Crippen LogP contribution in [0.4, 0.5) is 4.79 Å². The Morgan fingerprint density at radius 1 is 1.77 bits per heavy atom. The third kappa shape index (κ3) is 3.20. The van der Waals surface area contributed by atoms with Crippen molar-refractivity contribution in [1.82, 2.24) is 10.2 Å². The van der Waals surface area contributed by atoms with Crippen molar-refractivity contribution in [1.29, 1.82) is 0 Å². The summed E-state index contributed by atoms with van der Waals surface area (Å²) in [7, 11) is 0. The lowest BCUT2D eigenvalue weighted by molar-refractivity contribution is 0.0857. The van der Waals surface area contributed by atoms with E-state index in [0.29, 0.717) is 32.8 Å². The van der Waals surface area contributed by atoms with Gasteiger partial charge in [-0.1, -0.05) is 0 Å². The van der Waals surface area contributed by atoms with E-state index < -0.39 is 6.10 Å². The van der Waals surface area contributed by atoms with Gasteiger partial charge >= 0.3 is 6.09 Å². The molecule has 1 aliphatic heterocycles. The van der Waals surface area contributed by atoms with Crippen LogP contribution in [-0.2, 0) is 4.74 Å². The summed E-state index contributed by atoms with van der Waals surface area (Å²) in [5.41, 5.74) is 0. The summed E-state index contributed by atoms with van der Waals surface area (Å²) >= 11 is 0. The maximum absolute atomic E-state index is 11.3. The molecule has 0 aliphatic carbocycles. The number of amides is 1. The van der Waals surface area contributed by atoms with Crippen LogP contribution in [0.15, 0.2) is 0 Å². The van der Waals surface area contributed by atoms with Gasteiger partial charge in [-0.2, -0.15) is 0 Å². The number of aliphatic hydroxyl groups is 1. The highest BCUT2D eigenvalue weighted by Crippen LogP contribution is 1.99. The number of carbonyl (C=O) groups is 1. The smallest absolute Gasteiger partial charge is 0.409 e. The highest BCUT2D eigenvalue weighted by Gasteiger charge is 2.20. The zero-order valence-electron chi connectivity index (χ0n) is 7.82. The van der Waals surface area contributed by atoms with Gasteiger partial charge in [0.05, 0.1) is 19.3 Å². The van der Waals surface area contributed by atoms with Crippen molar-refractivity contribution in [2.45, 2.75) is 13.0 Å². The van der Waals surface area contributed by atoms with E-state index in [9.17, 15) is 9.90 Å². The van der Waals surface area contributed by atoms with Crippen LogP contribution in [-0.4, -0.2) is 55.0 Å². The molecule has 1 unspecified atom stereocenters. The van der Waals surface area contributed by atoms with Gasteiger partial charge in [0.15, 0.2) is 0 Å². The van der Waals surface area contributed by atoms with Gasteiger partial charge in [-0.25, -0.2) is 4.79 Å². The van der Waals surface area contributed by atoms with Crippen molar-refractivity contribution >= 4 is 6.09 Å². The van der Waals surface area contributed by atoms with Crippen molar-refractivity contribution in [3.05, 3.63) is 0 Å². The Morgan fingerprint density at radius 3 is 3.23 bits per heavy atom. The molecule has 5 heteroatoms. The molecule has 1 atom stereocenters. The fraction of sp³-hybridized carbons (Fsp3) is 0.875.